The van der Waals surface area contributed by atoms with E-state index in [4.69, 9.17) is 4.74 Å². The lowest BCUT2D eigenvalue weighted by atomic mass is 9.48. The van der Waals surface area contributed by atoms with Crippen molar-refractivity contribution in [3.05, 3.63) is 76.9 Å². The van der Waals surface area contributed by atoms with E-state index in [1.54, 1.807) is 19.2 Å². The van der Waals surface area contributed by atoms with Gasteiger partial charge >= 0.3 is 5.97 Å². The molecule has 0 atom stereocenters. The topological polar surface area (TPSA) is 46.5 Å². The molecule has 0 aliphatic heterocycles. The first-order chi connectivity index (χ1) is 16.0. The van der Waals surface area contributed by atoms with E-state index >= 15 is 0 Å². The molecule has 0 unspecified atom stereocenters. The van der Waals surface area contributed by atoms with Gasteiger partial charge < -0.3 is 9.84 Å². The molecule has 0 radical (unpaired) electrons. The van der Waals surface area contributed by atoms with Crippen LogP contribution in [0.1, 0.15) is 65.6 Å². The highest BCUT2D eigenvalue weighted by Crippen LogP contribution is 2.61. The summed E-state index contributed by atoms with van der Waals surface area (Å²) >= 11 is 0. The van der Waals surface area contributed by atoms with Gasteiger partial charge in [0.15, 0.2) is 0 Å². The molecule has 3 aromatic carbocycles. The van der Waals surface area contributed by atoms with E-state index < -0.39 is 5.97 Å². The van der Waals surface area contributed by atoms with Crippen molar-refractivity contribution in [1.29, 1.82) is 0 Å². The zero-order valence-electron chi connectivity index (χ0n) is 18.9. The summed E-state index contributed by atoms with van der Waals surface area (Å²) in [5, 5.41) is 11.1. The Morgan fingerprint density at radius 3 is 2.06 bits per heavy atom. The normalized spacial score (nSPS) is 27.2. The average Bonchev–Trinajstić information content (AvgIpc) is 2.81. The van der Waals surface area contributed by atoms with Crippen LogP contribution in [0.3, 0.4) is 0 Å². The zero-order chi connectivity index (χ0) is 22.6. The highest BCUT2D eigenvalue weighted by molar-refractivity contribution is 5.94. The lowest BCUT2D eigenvalue weighted by Crippen LogP contribution is -2.48. The monoisotopic (exact) mass is 436 g/mol. The van der Waals surface area contributed by atoms with Crippen molar-refractivity contribution in [3.63, 3.8) is 0 Å². The van der Waals surface area contributed by atoms with Crippen LogP contribution in [0.25, 0.3) is 10.8 Å². The number of carboxylic acid groups (broad SMARTS) is 1. The molecule has 7 rings (SSSR count). The van der Waals surface area contributed by atoms with Crippen molar-refractivity contribution in [1.82, 2.24) is 0 Å². The molecule has 4 aliphatic rings. The van der Waals surface area contributed by atoms with E-state index in [2.05, 4.69) is 30.0 Å². The number of carbonyl (C=O) groups is 1. The van der Waals surface area contributed by atoms with Crippen molar-refractivity contribution < 1.29 is 14.6 Å². The molecule has 0 heterocycles. The maximum Gasteiger partial charge on any atom is 0.335 e. The first-order valence-corrected chi connectivity index (χ1v) is 12.0. The predicted molar refractivity (Wildman–Crippen MR) is 130 cm³/mol. The van der Waals surface area contributed by atoms with E-state index in [1.807, 2.05) is 24.3 Å². The number of benzene rings is 3. The van der Waals surface area contributed by atoms with Gasteiger partial charge in [-0.1, -0.05) is 24.0 Å². The maximum atomic E-state index is 11.2. The largest absolute Gasteiger partial charge is 0.496 e. The molecule has 1 N–H and O–H groups in total. The number of methoxy groups -OCH3 is 1. The van der Waals surface area contributed by atoms with Crippen molar-refractivity contribution in [2.45, 2.75) is 43.9 Å². The van der Waals surface area contributed by atoms with Crippen molar-refractivity contribution in [3.8, 4) is 17.6 Å². The van der Waals surface area contributed by atoms with Gasteiger partial charge in [0.25, 0.3) is 0 Å². The number of aromatic carboxylic acids is 1. The van der Waals surface area contributed by atoms with E-state index in [9.17, 15) is 9.90 Å². The third-order valence-corrected chi connectivity index (χ3v) is 8.25. The fourth-order valence-corrected chi connectivity index (χ4v) is 7.24. The molecule has 4 aliphatic carbocycles. The molecule has 3 aromatic rings. The van der Waals surface area contributed by atoms with E-state index in [0.29, 0.717) is 5.56 Å². The van der Waals surface area contributed by atoms with E-state index in [0.717, 1.165) is 45.4 Å². The van der Waals surface area contributed by atoms with Gasteiger partial charge in [-0.05, 0) is 115 Å². The van der Waals surface area contributed by atoms with Crippen LogP contribution in [0.5, 0.6) is 5.75 Å². The summed E-state index contributed by atoms with van der Waals surface area (Å²) in [6.07, 6.45) is 8.19. The summed E-state index contributed by atoms with van der Waals surface area (Å²) in [6.45, 7) is 0. The van der Waals surface area contributed by atoms with Crippen LogP contribution in [-0.2, 0) is 5.41 Å². The van der Waals surface area contributed by atoms with Gasteiger partial charge in [-0.25, -0.2) is 4.79 Å². The Labute approximate surface area is 194 Å². The van der Waals surface area contributed by atoms with Gasteiger partial charge in [-0.2, -0.15) is 0 Å². The second kappa shape index (κ2) is 7.66. The minimum absolute atomic E-state index is 0.266. The highest BCUT2D eigenvalue weighted by Gasteiger charge is 2.52. The summed E-state index contributed by atoms with van der Waals surface area (Å²) in [4.78, 5) is 11.2. The van der Waals surface area contributed by atoms with Gasteiger partial charge in [-0.3, -0.25) is 0 Å². The predicted octanol–water partition coefficient (Wildman–Crippen LogP) is 6.41. The molecule has 3 nitrogen and oxygen atoms in total. The zero-order valence-corrected chi connectivity index (χ0v) is 18.9. The number of hydrogen-bond acceptors (Lipinski definition) is 2. The quantitative estimate of drug-likeness (QED) is 0.482. The van der Waals surface area contributed by atoms with Crippen LogP contribution in [0, 0.1) is 29.6 Å². The molecular weight excluding hydrogens is 408 g/mol. The minimum Gasteiger partial charge on any atom is -0.496 e. The van der Waals surface area contributed by atoms with Crippen LogP contribution >= 0.6 is 0 Å². The molecular formula is C30H28O3. The van der Waals surface area contributed by atoms with Crippen LogP contribution in [0.2, 0.25) is 0 Å². The van der Waals surface area contributed by atoms with Crippen molar-refractivity contribution in [2.24, 2.45) is 17.8 Å². The first-order valence-electron chi connectivity index (χ1n) is 12.0. The van der Waals surface area contributed by atoms with E-state index in [-0.39, 0.29) is 5.41 Å². The summed E-state index contributed by atoms with van der Waals surface area (Å²) in [6, 6.07) is 17.6. The molecule has 0 saturated heterocycles. The number of fused-ring (bicyclic) bond motifs is 1. The number of hydrogen-bond donors (Lipinski definition) is 1. The Bertz CT molecular complexity index is 1290. The fourth-order valence-electron chi connectivity index (χ4n) is 7.24. The third-order valence-electron chi connectivity index (χ3n) is 8.25. The third kappa shape index (κ3) is 3.59. The Balaban J connectivity index is 1.33. The van der Waals surface area contributed by atoms with Gasteiger partial charge in [0.05, 0.1) is 12.7 Å². The Morgan fingerprint density at radius 2 is 1.42 bits per heavy atom. The second-order valence-corrected chi connectivity index (χ2v) is 10.4. The Morgan fingerprint density at radius 1 is 0.848 bits per heavy atom. The van der Waals surface area contributed by atoms with Gasteiger partial charge in [0.1, 0.15) is 5.75 Å². The first kappa shape index (κ1) is 20.4. The van der Waals surface area contributed by atoms with Gasteiger partial charge in [-0.15, -0.1) is 0 Å². The fraction of sp³-hybridized carbons (Fsp3) is 0.367. The molecule has 3 heteroatoms. The summed E-state index contributed by atoms with van der Waals surface area (Å²) < 4.78 is 5.84. The van der Waals surface area contributed by atoms with Gasteiger partial charge in [0, 0.05) is 16.7 Å². The summed E-state index contributed by atoms with van der Waals surface area (Å²) in [5.74, 6) is 9.46. The summed E-state index contributed by atoms with van der Waals surface area (Å²) in [5.41, 5.74) is 3.90. The molecule has 33 heavy (non-hydrogen) atoms. The highest BCUT2D eigenvalue weighted by atomic mass is 16.5. The van der Waals surface area contributed by atoms with E-state index in [1.165, 1.54) is 44.1 Å². The summed E-state index contributed by atoms with van der Waals surface area (Å²) in [7, 11) is 1.79. The molecule has 166 valence electrons. The number of carboxylic acids is 1. The van der Waals surface area contributed by atoms with Crippen LogP contribution in [0.4, 0.5) is 0 Å². The lowest BCUT2D eigenvalue weighted by Gasteiger charge is -2.57. The van der Waals surface area contributed by atoms with Gasteiger partial charge in [0.2, 0.25) is 0 Å². The SMILES string of the molecule is COc1ccc(C#Cc2ccc3cc(C(=O)O)ccc3c2)cc1C12CC3CC(CC(C3)C1)C2. The number of ether oxygens (including phenoxy) is 1. The molecule has 4 saturated carbocycles. The molecule has 4 bridgehead atoms. The molecule has 4 fully saturated rings. The Kier molecular flexibility index (Phi) is 4.73. The molecule has 0 spiro atoms. The Hall–Kier alpha value is -3.25. The van der Waals surface area contributed by atoms with Crippen molar-refractivity contribution >= 4 is 16.7 Å². The average molecular weight is 437 g/mol. The molecule has 0 amide bonds. The minimum atomic E-state index is -0.907. The smallest absolute Gasteiger partial charge is 0.335 e. The maximum absolute atomic E-state index is 11.2. The lowest BCUT2D eigenvalue weighted by molar-refractivity contribution is -0.00616. The van der Waals surface area contributed by atoms with Crippen LogP contribution < -0.4 is 4.74 Å². The van der Waals surface area contributed by atoms with Crippen LogP contribution in [-0.4, -0.2) is 18.2 Å². The standard InChI is InChI=1S/C30H28O3/c1-33-28-9-5-20(14-27(28)30-16-21-10-22(17-30)12-23(11-21)18-30)3-2-19-4-6-25-15-26(29(31)32)8-7-24(25)13-19/h4-9,13-15,21-23H,10-12,16-18H2,1H3,(H,31,32). The second-order valence-electron chi connectivity index (χ2n) is 10.4. The van der Waals surface area contributed by atoms with Crippen LogP contribution in [0.15, 0.2) is 54.6 Å². The molecule has 0 aromatic heterocycles. The number of rotatable bonds is 3. The van der Waals surface area contributed by atoms with Crippen molar-refractivity contribution in [2.75, 3.05) is 7.11 Å².